The van der Waals surface area contributed by atoms with Crippen LogP contribution in [-0.2, 0) is 10.0 Å². The summed E-state index contributed by atoms with van der Waals surface area (Å²) in [5.41, 5.74) is 1.72. The summed E-state index contributed by atoms with van der Waals surface area (Å²) in [5, 5.41) is 0. The third kappa shape index (κ3) is 4.38. The molecule has 2 aromatic rings. The standard InChI is InChI=1S/C20H23FN2O2S/c1-17-9-10-19(21)16-20(17)26(24,25)23-14-12-22(13-15-23)11-5-8-18-6-3-2-4-7-18/h2-10,16H,11-15H2,1H3. The summed E-state index contributed by atoms with van der Waals surface area (Å²) in [6, 6.07) is 14.0. The summed E-state index contributed by atoms with van der Waals surface area (Å²) in [7, 11) is -3.65. The average molecular weight is 374 g/mol. The van der Waals surface area contributed by atoms with Crippen LogP contribution in [0.25, 0.3) is 6.08 Å². The Balaban J connectivity index is 1.59. The fraction of sp³-hybridized carbons (Fsp3) is 0.300. The van der Waals surface area contributed by atoms with E-state index in [4.69, 9.17) is 0 Å². The quantitative estimate of drug-likeness (QED) is 0.807. The number of rotatable bonds is 5. The van der Waals surface area contributed by atoms with Crippen LogP contribution in [0.1, 0.15) is 11.1 Å². The van der Waals surface area contributed by atoms with Crippen molar-refractivity contribution in [2.75, 3.05) is 32.7 Å². The molecule has 0 amide bonds. The molecule has 0 N–H and O–H groups in total. The summed E-state index contributed by atoms with van der Waals surface area (Å²) >= 11 is 0. The molecule has 0 aliphatic carbocycles. The SMILES string of the molecule is Cc1ccc(F)cc1S(=O)(=O)N1CCN(CC=Cc2ccccc2)CC1. The van der Waals surface area contributed by atoms with Crippen LogP contribution in [0.2, 0.25) is 0 Å². The number of benzene rings is 2. The van der Waals surface area contributed by atoms with Gasteiger partial charge in [0.05, 0.1) is 4.90 Å². The lowest BCUT2D eigenvalue weighted by atomic mass is 10.2. The van der Waals surface area contributed by atoms with Crippen molar-refractivity contribution in [3.05, 3.63) is 71.6 Å². The third-order valence-corrected chi connectivity index (χ3v) is 6.61. The Morgan fingerprint density at radius 2 is 1.73 bits per heavy atom. The maximum atomic E-state index is 13.5. The summed E-state index contributed by atoms with van der Waals surface area (Å²) in [4.78, 5) is 2.28. The predicted molar refractivity (Wildman–Crippen MR) is 102 cm³/mol. The van der Waals surface area contributed by atoms with Crippen molar-refractivity contribution in [1.82, 2.24) is 9.21 Å². The highest BCUT2D eigenvalue weighted by atomic mass is 32.2. The van der Waals surface area contributed by atoms with Crippen LogP contribution >= 0.6 is 0 Å². The van der Waals surface area contributed by atoms with Crippen LogP contribution in [-0.4, -0.2) is 50.3 Å². The van der Waals surface area contributed by atoms with Crippen LogP contribution in [0, 0.1) is 12.7 Å². The van der Waals surface area contributed by atoms with E-state index in [9.17, 15) is 12.8 Å². The molecule has 138 valence electrons. The van der Waals surface area contributed by atoms with Crippen LogP contribution in [0.4, 0.5) is 4.39 Å². The van der Waals surface area contributed by atoms with Gasteiger partial charge in [0.1, 0.15) is 5.82 Å². The lowest BCUT2D eigenvalue weighted by molar-refractivity contribution is 0.204. The van der Waals surface area contributed by atoms with Gasteiger partial charge in [0.15, 0.2) is 0 Å². The average Bonchev–Trinajstić information content (AvgIpc) is 2.65. The second-order valence-electron chi connectivity index (χ2n) is 6.43. The van der Waals surface area contributed by atoms with Gasteiger partial charge in [-0.25, -0.2) is 12.8 Å². The number of hydrogen-bond donors (Lipinski definition) is 0. The van der Waals surface area contributed by atoms with Crippen molar-refractivity contribution >= 4 is 16.1 Å². The van der Waals surface area contributed by atoms with Crippen LogP contribution in [0.3, 0.4) is 0 Å². The van der Waals surface area contributed by atoms with E-state index in [1.807, 2.05) is 30.3 Å². The Morgan fingerprint density at radius 3 is 2.42 bits per heavy atom. The third-order valence-electron chi connectivity index (χ3n) is 4.57. The largest absolute Gasteiger partial charge is 0.297 e. The molecule has 0 aromatic heterocycles. The molecule has 0 spiro atoms. The Kier molecular flexibility index (Phi) is 5.86. The molecule has 0 unspecified atom stereocenters. The number of aryl methyl sites for hydroxylation is 1. The first kappa shape index (κ1) is 18.8. The van der Waals surface area contributed by atoms with Gasteiger partial charge < -0.3 is 0 Å². The predicted octanol–water partition coefficient (Wildman–Crippen LogP) is 3.15. The first-order valence-corrected chi connectivity index (χ1v) is 10.1. The van der Waals surface area contributed by atoms with Gasteiger partial charge in [0.25, 0.3) is 0 Å². The minimum absolute atomic E-state index is 0.0647. The van der Waals surface area contributed by atoms with E-state index >= 15 is 0 Å². The fourth-order valence-corrected chi connectivity index (χ4v) is 4.70. The molecule has 3 rings (SSSR count). The molecule has 1 fully saturated rings. The molecular formula is C20H23FN2O2S. The zero-order valence-electron chi connectivity index (χ0n) is 14.8. The Hall–Kier alpha value is -2.02. The molecule has 1 heterocycles. The lowest BCUT2D eigenvalue weighted by Gasteiger charge is -2.33. The highest BCUT2D eigenvalue weighted by Crippen LogP contribution is 2.22. The molecule has 0 radical (unpaired) electrons. The van der Waals surface area contributed by atoms with E-state index < -0.39 is 15.8 Å². The molecule has 0 bridgehead atoms. The first-order chi connectivity index (χ1) is 12.5. The summed E-state index contributed by atoms with van der Waals surface area (Å²) in [6.45, 7) is 4.62. The Bertz CT molecular complexity index is 874. The maximum absolute atomic E-state index is 13.5. The zero-order chi connectivity index (χ0) is 18.6. The highest BCUT2D eigenvalue weighted by Gasteiger charge is 2.29. The van der Waals surface area contributed by atoms with Crippen LogP contribution in [0.5, 0.6) is 0 Å². The van der Waals surface area contributed by atoms with E-state index in [0.717, 1.165) is 18.2 Å². The second-order valence-corrected chi connectivity index (χ2v) is 8.33. The lowest BCUT2D eigenvalue weighted by Crippen LogP contribution is -2.48. The number of piperazine rings is 1. The number of halogens is 1. The normalized spacial score (nSPS) is 17.0. The van der Waals surface area contributed by atoms with Crippen molar-refractivity contribution in [3.8, 4) is 0 Å². The van der Waals surface area contributed by atoms with Gasteiger partial charge in [-0.15, -0.1) is 0 Å². The maximum Gasteiger partial charge on any atom is 0.243 e. The first-order valence-electron chi connectivity index (χ1n) is 8.67. The van der Waals surface area contributed by atoms with Crippen molar-refractivity contribution in [2.45, 2.75) is 11.8 Å². The van der Waals surface area contributed by atoms with Crippen molar-refractivity contribution in [3.63, 3.8) is 0 Å². The minimum Gasteiger partial charge on any atom is -0.297 e. The smallest absolute Gasteiger partial charge is 0.243 e. The number of nitrogens with zero attached hydrogens (tertiary/aromatic N) is 2. The highest BCUT2D eigenvalue weighted by molar-refractivity contribution is 7.89. The van der Waals surface area contributed by atoms with Gasteiger partial charge in [-0.1, -0.05) is 48.6 Å². The Morgan fingerprint density at radius 1 is 1.04 bits per heavy atom. The summed E-state index contributed by atoms with van der Waals surface area (Å²) in [5.74, 6) is -0.529. The van der Waals surface area contributed by atoms with Gasteiger partial charge >= 0.3 is 0 Å². The van der Waals surface area contributed by atoms with Crippen molar-refractivity contribution in [2.24, 2.45) is 0 Å². The van der Waals surface area contributed by atoms with Gasteiger partial charge in [-0.3, -0.25) is 4.90 Å². The fourth-order valence-electron chi connectivity index (χ4n) is 3.05. The molecule has 6 heteroatoms. The van der Waals surface area contributed by atoms with E-state index in [2.05, 4.69) is 17.1 Å². The van der Waals surface area contributed by atoms with Gasteiger partial charge in [0.2, 0.25) is 10.0 Å². The molecule has 26 heavy (non-hydrogen) atoms. The van der Waals surface area contributed by atoms with Gasteiger partial charge in [-0.05, 0) is 30.2 Å². The molecule has 1 saturated heterocycles. The Labute approximate surface area is 154 Å². The van der Waals surface area contributed by atoms with Crippen molar-refractivity contribution < 1.29 is 12.8 Å². The van der Waals surface area contributed by atoms with Gasteiger partial charge in [-0.2, -0.15) is 4.31 Å². The molecule has 1 aliphatic rings. The molecule has 0 saturated carbocycles. The monoisotopic (exact) mass is 374 g/mol. The molecule has 0 atom stereocenters. The molecule has 4 nitrogen and oxygen atoms in total. The van der Waals surface area contributed by atoms with E-state index in [-0.39, 0.29) is 4.90 Å². The van der Waals surface area contributed by atoms with Crippen LogP contribution < -0.4 is 0 Å². The molecular weight excluding hydrogens is 351 g/mol. The number of sulfonamides is 1. The summed E-state index contributed by atoms with van der Waals surface area (Å²) < 4.78 is 40.5. The minimum atomic E-state index is -3.65. The second kappa shape index (κ2) is 8.12. The van der Waals surface area contributed by atoms with Crippen molar-refractivity contribution in [1.29, 1.82) is 0 Å². The topological polar surface area (TPSA) is 40.6 Å². The molecule has 1 aliphatic heterocycles. The number of hydrogen-bond acceptors (Lipinski definition) is 3. The summed E-state index contributed by atoms with van der Waals surface area (Å²) in [6.07, 6.45) is 4.16. The van der Waals surface area contributed by atoms with Gasteiger partial charge in [0, 0.05) is 32.7 Å². The molecule has 2 aromatic carbocycles. The zero-order valence-corrected chi connectivity index (χ0v) is 15.6. The van der Waals surface area contributed by atoms with E-state index in [0.29, 0.717) is 31.7 Å². The van der Waals surface area contributed by atoms with Crippen LogP contribution in [0.15, 0.2) is 59.5 Å². The van der Waals surface area contributed by atoms with E-state index in [1.165, 1.54) is 16.4 Å². The van der Waals surface area contributed by atoms with E-state index in [1.54, 1.807) is 6.92 Å².